The van der Waals surface area contributed by atoms with Crippen LogP contribution < -0.4 is 10.6 Å². The van der Waals surface area contributed by atoms with Crippen LogP contribution in [0.2, 0.25) is 0 Å². The number of amides is 1. The Bertz CT molecular complexity index is 400. The van der Waals surface area contributed by atoms with Crippen LogP contribution in [0, 0.1) is 0 Å². The maximum absolute atomic E-state index is 11.3. The van der Waals surface area contributed by atoms with Crippen molar-refractivity contribution in [2.75, 3.05) is 18.5 Å². The largest absolute Gasteiger partial charge is 0.445 e. The van der Waals surface area contributed by atoms with Crippen molar-refractivity contribution in [1.82, 2.24) is 15.5 Å². The molecule has 0 unspecified atom stereocenters. The smallest absolute Gasteiger partial charge is 0.413 e. The molecular weight excluding hydrogens is 208 g/mol. The van der Waals surface area contributed by atoms with E-state index in [4.69, 9.17) is 4.74 Å². The fraction of sp³-hybridized carbons (Fsp3) is 0.400. The zero-order chi connectivity index (χ0) is 11.4. The number of aromatic amines is 1. The third-order valence-electron chi connectivity index (χ3n) is 2.36. The van der Waals surface area contributed by atoms with Crippen molar-refractivity contribution in [2.24, 2.45) is 0 Å². The summed E-state index contributed by atoms with van der Waals surface area (Å²) < 4.78 is 4.82. The highest BCUT2D eigenvalue weighted by atomic mass is 16.5. The van der Waals surface area contributed by atoms with Crippen molar-refractivity contribution in [3.05, 3.63) is 23.9 Å². The van der Waals surface area contributed by atoms with Crippen LogP contribution in [0.4, 0.5) is 10.6 Å². The molecule has 1 aliphatic heterocycles. The van der Waals surface area contributed by atoms with Gasteiger partial charge in [-0.2, -0.15) is 5.10 Å². The average molecular weight is 222 g/mol. The highest BCUT2D eigenvalue weighted by molar-refractivity contribution is 5.84. The molecule has 2 rings (SSSR count). The number of rotatable bonds is 3. The summed E-state index contributed by atoms with van der Waals surface area (Å²) in [6.45, 7) is 5.31. The van der Waals surface area contributed by atoms with Crippen LogP contribution in [0.5, 0.6) is 0 Å². The van der Waals surface area contributed by atoms with Crippen LogP contribution in [-0.4, -0.2) is 29.4 Å². The molecule has 1 aliphatic rings. The van der Waals surface area contributed by atoms with E-state index in [2.05, 4.69) is 27.4 Å². The van der Waals surface area contributed by atoms with Gasteiger partial charge in [-0.3, -0.25) is 10.4 Å². The monoisotopic (exact) mass is 222 g/mol. The zero-order valence-electron chi connectivity index (χ0n) is 8.88. The first kappa shape index (κ1) is 10.7. The van der Waals surface area contributed by atoms with Crippen molar-refractivity contribution >= 4 is 11.9 Å². The fourth-order valence-corrected chi connectivity index (χ4v) is 1.61. The van der Waals surface area contributed by atoms with Gasteiger partial charge < -0.3 is 10.1 Å². The Morgan fingerprint density at radius 2 is 2.56 bits per heavy atom. The molecule has 0 bridgehead atoms. The van der Waals surface area contributed by atoms with Crippen LogP contribution in [0.1, 0.15) is 11.3 Å². The Kier molecular flexibility index (Phi) is 3.21. The predicted molar refractivity (Wildman–Crippen MR) is 59.2 cm³/mol. The minimum atomic E-state index is -0.507. The number of nitrogens with one attached hydrogen (secondary N) is 3. The predicted octanol–water partition coefficient (Wildman–Crippen LogP) is 0.790. The lowest BCUT2D eigenvalue weighted by Crippen LogP contribution is -2.24. The molecule has 0 spiro atoms. The second kappa shape index (κ2) is 4.80. The molecule has 0 radical (unpaired) electrons. The van der Waals surface area contributed by atoms with Crippen molar-refractivity contribution in [3.63, 3.8) is 0 Å². The van der Waals surface area contributed by atoms with E-state index in [0.717, 1.165) is 30.8 Å². The molecule has 6 heteroatoms. The van der Waals surface area contributed by atoms with E-state index in [1.165, 1.54) is 6.08 Å². The third kappa shape index (κ3) is 2.22. The second-order valence-electron chi connectivity index (χ2n) is 3.47. The Morgan fingerprint density at radius 1 is 1.69 bits per heavy atom. The van der Waals surface area contributed by atoms with Crippen molar-refractivity contribution < 1.29 is 9.53 Å². The van der Waals surface area contributed by atoms with Gasteiger partial charge in [-0.05, 0) is 13.0 Å². The van der Waals surface area contributed by atoms with Gasteiger partial charge in [0, 0.05) is 12.1 Å². The first-order chi connectivity index (χ1) is 7.81. The molecule has 86 valence electrons. The lowest BCUT2D eigenvalue weighted by atomic mass is 10.1. The van der Waals surface area contributed by atoms with Crippen LogP contribution in [0.15, 0.2) is 12.7 Å². The molecule has 16 heavy (non-hydrogen) atoms. The zero-order valence-corrected chi connectivity index (χ0v) is 8.88. The summed E-state index contributed by atoms with van der Waals surface area (Å²) in [6, 6.07) is 0. The van der Waals surface area contributed by atoms with Crippen molar-refractivity contribution in [2.45, 2.75) is 13.0 Å². The summed E-state index contributed by atoms with van der Waals surface area (Å²) in [4.78, 5) is 11.3. The number of fused-ring (bicyclic) bond motifs is 1. The molecule has 0 atom stereocenters. The molecule has 0 saturated heterocycles. The lowest BCUT2D eigenvalue weighted by Gasteiger charge is -2.12. The van der Waals surface area contributed by atoms with Crippen molar-refractivity contribution in [1.29, 1.82) is 0 Å². The Balaban J connectivity index is 2.01. The van der Waals surface area contributed by atoms with Crippen LogP contribution >= 0.6 is 0 Å². The summed E-state index contributed by atoms with van der Waals surface area (Å²) in [5, 5.41) is 12.7. The van der Waals surface area contributed by atoms with Gasteiger partial charge in [0.25, 0.3) is 0 Å². The molecule has 0 aromatic carbocycles. The van der Waals surface area contributed by atoms with Crippen molar-refractivity contribution in [3.8, 4) is 0 Å². The molecule has 1 aromatic rings. The summed E-state index contributed by atoms with van der Waals surface area (Å²) >= 11 is 0. The third-order valence-corrected chi connectivity index (χ3v) is 2.36. The number of anilines is 1. The Hall–Kier alpha value is -1.82. The first-order valence-electron chi connectivity index (χ1n) is 5.12. The number of carbonyl (C=O) groups excluding carboxylic acids is 1. The molecule has 3 N–H and O–H groups in total. The molecular formula is C10H14N4O2. The number of nitrogens with zero attached hydrogens (tertiary/aromatic N) is 1. The van der Waals surface area contributed by atoms with Gasteiger partial charge in [0.15, 0.2) is 5.82 Å². The van der Waals surface area contributed by atoms with E-state index in [1.54, 1.807) is 0 Å². The number of hydrogen-bond acceptors (Lipinski definition) is 4. The lowest BCUT2D eigenvalue weighted by molar-refractivity contribution is 0.174. The molecule has 0 aliphatic carbocycles. The number of H-pyrrole nitrogens is 1. The van der Waals surface area contributed by atoms with E-state index in [-0.39, 0.29) is 6.61 Å². The summed E-state index contributed by atoms with van der Waals surface area (Å²) in [6.07, 6.45) is 1.86. The minimum Gasteiger partial charge on any atom is -0.445 e. The quantitative estimate of drug-likeness (QED) is 0.661. The van der Waals surface area contributed by atoms with E-state index in [0.29, 0.717) is 5.82 Å². The van der Waals surface area contributed by atoms with Gasteiger partial charge in [-0.25, -0.2) is 4.79 Å². The van der Waals surface area contributed by atoms with E-state index >= 15 is 0 Å². The normalized spacial score (nSPS) is 14.0. The Morgan fingerprint density at radius 3 is 3.38 bits per heavy atom. The highest BCUT2D eigenvalue weighted by Gasteiger charge is 2.18. The highest BCUT2D eigenvalue weighted by Crippen LogP contribution is 2.19. The van der Waals surface area contributed by atoms with Gasteiger partial charge in [0.2, 0.25) is 0 Å². The fourth-order valence-electron chi connectivity index (χ4n) is 1.61. The van der Waals surface area contributed by atoms with Crippen LogP contribution in [-0.2, 0) is 17.7 Å². The van der Waals surface area contributed by atoms with Gasteiger partial charge >= 0.3 is 6.09 Å². The number of carbonyl (C=O) groups is 1. The van der Waals surface area contributed by atoms with Gasteiger partial charge in [-0.15, -0.1) is 0 Å². The SMILES string of the molecule is C=CCOC(=O)Nc1n[nH]c2c1CCNC2. The maximum Gasteiger partial charge on any atom is 0.413 e. The van der Waals surface area contributed by atoms with Gasteiger partial charge in [-0.1, -0.05) is 12.7 Å². The van der Waals surface area contributed by atoms with E-state index in [1.807, 2.05) is 0 Å². The van der Waals surface area contributed by atoms with E-state index < -0.39 is 6.09 Å². The average Bonchev–Trinajstić information content (AvgIpc) is 2.70. The number of hydrogen-bond donors (Lipinski definition) is 3. The number of ether oxygens (including phenoxy) is 1. The van der Waals surface area contributed by atoms with Crippen LogP contribution in [0.25, 0.3) is 0 Å². The minimum absolute atomic E-state index is 0.194. The summed E-state index contributed by atoms with van der Waals surface area (Å²) in [7, 11) is 0. The van der Waals surface area contributed by atoms with E-state index in [9.17, 15) is 4.79 Å². The van der Waals surface area contributed by atoms with Gasteiger partial charge in [0.05, 0.1) is 5.69 Å². The molecule has 6 nitrogen and oxygen atoms in total. The molecule has 1 amide bonds. The Labute approximate surface area is 93.1 Å². The summed E-state index contributed by atoms with van der Waals surface area (Å²) in [5.41, 5.74) is 2.07. The molecule has 0 fully saturated rings. The topological polar surface area (TPSA) is 79.0 Å². The maximum atomic E-state index is 11.3. The summed E-state index contributed by atoms with van der Waals surface area (Å²) in [5.74, 6) is 0.561. The first-order valence-corrected chi connectivity index (χ1v) is 5.12. The second-order valence-corrected chi connectivity index (χ2v) is 3.47. The molecule has 2 heterocycles. The number of aromatic nitrogens is 2. The molecule has 0 saturated carbocycles. The van der Waals surface area contributed by atoms with Crippen LogP contribution in [0.3, 0.4) is 0 Å². The molecule has 1 aromatic heterocycles. The van der Waals surface area contributed by atoms with Gasteiger partial charge in [0.1, 0.15) is 6.61 Å². The standard InChI is InChI=1S/C10H14N4O2/c1-2-5-16-10(15)12-9-7-3-4-11-6-8(7)13-14-9/h2,11H,1,3-6H2,(H2,12,13,14,15).